The van der Waals surface area contributed by atoms with E-state index in [1.807, 2.05) is 25.1 Å². The van der Waals surface area contributed by atoms with Crippen LogP contribution in [0.2, 0.25) is 0 Å². The number of nitrogens with zero attached hydrogens (tertiary/aromatic N) is 1. The summed E-state index contributed by atoms with van der Waals surface area (Å²) in [7, 11) is 0. The van der Waals surface area contributed by atoms with E-state index in [-0.39, 0.29) is 0 Å². The Morgan fingerprint density at radius 3 is 2.53 bits per heavy atom. The van der Waals surface area contributed by atoms with Crippen molar-refractivity contribution in [3.05, 3.63) is 29.3 Å². The minimum Gasteiger partial charge on any atom is -0.381 e. The number of hydrogen-bond donors (Lipinski definition) is 1. The average Bonchev–Trinajstić information content (AvgIpc) is 2.27. The predicted octanol–water partition coefficient (Wildman–Crippen LogP) is 3.47. The summed E-state index contributed by atoms with van der Waals surface area (Å²) in [5, 5.41) is 12.4. The van der Waals surface area contributed by atoms with Crippen LogP contribution < -0.4 is 5.32 Å². The van der Waals surface area contributed by atoms with Gasteiger partial charge in [0.05, 0.1) is 11.3 Å². The molecule has 0 fully saturated rings. The van der Waals surface area contributed by atoms with Gasteiger partial charge in [0.25, 0.3) is 0 Å². The Morgan fingerprint density at radius 2 is 2.00 bits per heavy atom. The van der Waals surface area contributed by atoms with Gasteiger partial charge in [-0.05, 0) is 37.5 Å². The first-order valence-corrected chi connectivity index (χ1v) is 5.48. The minimum absolute atomic E-state index is 0.458. The number of nitriles is 1. The summed E-state index contributed by atoms with van der Waals surface area (Å²) in [6, 6.07) is 8.63. The first-order chi connectivity index (χ1) is 7.21. The molecule has 1 N–H and O–H groups in total. The van der Waals surface area contributed by atoms with Crippen LogP contribution in [0.25, 0.3) is 0 Å². The second-order valence-corrected chi connectivity index (χ2v) is 3.82. The highest BCUT2D eigenvalue weighted by Gasteiger charge is 2.06. The molecule has 0 saturated carbocycles. The molecule has 1 aromatic carbocycles. The Balaban J connectivity index is 2.90. The normalized spacial score (nSPS) is 10.1. The third-order valence-electron chi connectivity index (χ3n) is 2.64. The van der Waals surface area contributed by atoms with Gasteiger partial charge in [-0.15, -0.1) is 0 Å². The van der Waals surface area contributed by atoms with Gasteiger partial charge in [0.2, 0.25) is 0 Å². The molecule has 1 aromatic rings. The molecule has 0 aliphatic rings. The molecule has 0 aromatic heterocycles. The third-order valence-corrected chi connectivity index (χ3v) is 2.64. The van der Waals surface area contributed by atoms with Crippen LogP contribution in [0, 0.1) is 18.3 Å². The molecular formula is C13H18N2. The van der Waals surface area contributed by atoms with Crippen molar-refractivity contribution in [3.8, 4) is 6.07 Å². The van der Waals surface area contributed by atoms with E-state index in [2.05, 4.69) is 25.2 Å². The average molecular weight is 202 g/mol. The van der Waals surface area contributed by atoms with Gasteiger partial charge in [0.1, 0.15) is 6.07 Å². The molecule has 2 heteroatoms. The second-order valence-electron chi connectivity index (χ2n) is 3.82. The van der Waals surface area contributed by atoms with Crippen molar-refractivity contribution in [1.29, 1.82) is 5.26 Å². The maximum absolute atomic E-state index is 9.01. The zero-order valence-electron chi connectivity index (χ0n) is 9.67. The van der Waals surface area contributed by atoms with Gasteiger partial charge in [0.15, 0.2) is 0 Å². The van der Waals surface area contributed by atoms with Crippen molar-refractivity contribution in [2.24, 2.45) is 0 Å². The standard InChI is InChI=1S/C13H18N2/c1-4-12(5-2)15-13-7-6-10(3)8-11(13)9-14/h6-8,12,15H,4-5H2,1-3H3. The van der Waals surface area contributed by atoms with Gasteiger partial charge in [-0.2, -0.15) is 5.26 Å². The summed E-state index contributed by atoms with van der Waals surface area (Å²) in [5.41, 5.74) is 2.82. The van der Waals surface area contributed by atoms with Crippen LogP contribution in [-0.4, -0.2) is 6.04 Å². The molecule has 0 radical (unpaired) electrons. The number of anilines is 1. The van der Waals surface area contributed by atoms with E-state index in [9.17, 15) is 0 Å². The summed E-state index contributed by atoms with van der Waals surface area (Å²) in [6.45, 7) is 6.31. The van der Waals surface area contributed by atoms with Crippen molar-refractivity contribution < 1.29 is 0 Å². The molecule has 0 amide bonds. The topological polar surface area (TPSA) is 35.8 Å². The summed E-state index contributed by atoms with van der Waals surface area (Å²) < 4.78 is 0. The smallest absolute Gasteiger partial charge is 0.101 e. The van der Waals surface area contributed by atoms with Crippen molar-refractivity contribution in [1.82, 2.24) is 0 Å². The molecule has 0 atom stereocenters. The van der Waals surface area contributed by atoms with Gasteiger partial charge < -0.3 is 5.32 Å². The molecular weight excluding hydrogens is 184 g/mol. The molecule has 0 saturated heterocycles. The molecule has 2 nitrogen and oxygen atoms in total. The Kier molecular flexibility index (Phi) is 4.17. The van der Waals surface area contributed by atoms with E-state index in [1.165, 1.54) is 0 Å². The van der Waals surface area contributed by atoms with Crippen molar-refractivity contribution in [2.45, 2.75) is 39.7 Å². The summed E-state index contributed by atoms with van der Waals surface area (Å²) in [6.07, 6.45) is 2.16. The molecule has 0 aliphatic heterocycles. The number of nitrogens with one attached hydrogen (secondary N) is 1. The first kappa shape index (κ1) is 11.6. The monoisotopic (exact) mass is 202 g/mol. The molecule has 0 unspecified atom stereocenters. The second kappa shape index (κ2) is 5.41. The molecule has 1 rings (SSSR count). The molecule has 0 bridgehead atoms. The van der Waals surface area contributed by atoms with Crippen molar-refractivity contribution in [2.75, 3.05) is 5.32 Å². The van der Waals surface area contributed by atoms with E-state index >= 15 is 0 Å². The fraction of sp³-hybridized carbons (Fsp3) is 0.462. The third kappa shape index (κ3) is 2.99. The lowest BCUT2D eigenvalue weighted by Gasteiger charge is -2.17. The Labute approximate surface area is 91.9 Å². The lowest BCUT2D eigenvalue weighted by atomic mass is 10.1. The highest BCUT2D eigenvalue weighted by atomic mass is 14.9. The van der Waals surface area contributed by atoms with Crippen LogP contribution in [0.4, 0.5) is 5.69 Å². The zero-order valence-corrected chi connectivity index (χ0v) is 9.67. The Hall–Kier alpha value is -1.49. The van der Waals surface area contributed by atoms with E-state index in [0.717, 1.165) is 29.7 Å². The SMILES string of the molecule is CCC(CC)Nc1ccc(C)cc1C#N. The zero-order chi connectivity index (χ0) is 11.3. The summed E-state index contributed by atoms with van der Waals surface area (Å²) in [4.78, 5) is 0. The maximum atomic E-state index is 9.01. The Bertz CT molecular complexity index is 359. The number of rotatable bonds is 4. The van der Waals surface area contributed by atoms with Gasteiger partial charge in [-0.3, -0.25) is 0 Å². The lowest BCUT2D eigenvalue weighted by molar-refractivity contribution is 0.671. The lowest BCUT2D eigenvalue weighted by Crippen LogP contribution is -2.17. The molecule has 0 spiro atoms. The van der Waals surface area contributed by atoms with Crippen LogP contribution >= 0.6 is 0 Å². The highest BCUT2D eigenvalue weighted by molar-refractivity contribution is 5.58. The fourth-order valence-corrected chi connectivity index (χ4v) is 1.59. The molecule has 0 heterocycles. The van der Waals surface area contributed by atoms with Gasteiger partial charge in [-0.1, -0.05) is 19.9 Å². The summed E-state index contributed by atoms with van der Waals surface area (Å²) in [5.74, 6) is 0. The van der Waals surface area contributed by atoms with Crippen molar-refractivity contribution in [3.63, 3.8) is 0 Å². The summed E-state index contributed by atoms with van der Waals surface area (Å²) >= 11 is 0. The van der Waals surface area contributed by atoms with Crippen LogP contribution in [0.5, 0.6) is 0 Å². The number of benzene rings is 1. The highest BCUT2D eigenvalue weighted by Crippen LogP contribution is 2.18. The van der Waals surface area contributed by atoms with Crippen molar-refractivity contribution >= 4 is 5.69 Å². The molecule has 15 heavy (non-hydrogen) atoms. The van der Waals surface area contributed by atoms with E-state index in [0.29, 0.717) is 6.04 Å². The van der Waals surface area contributed by atoms with Crippen LogP contribution in [-0.2, 0) is 0 Å². The quantitative estimate of drug-likeness (QED) is 0.811. The van der Waals surface area contributed by atoms with E-state index in [1.54, 1.807) is 0 Å². The number of aryl methyl sites for hydroxylation is 1. The number of hydrogen-bond acceptors (Lipinski definition) is 2. The van der Waals surface area contributed by atoms with Gasteiger partial charge >= 0.3 is 0 Å². The molecule has 0 aliphatic carbocycles. The van der Waals surface area contributed by atoms with Gasteiger partial charge in [0, 0.05) is 6.04 Å². The Morgan fingerprint density at radius 1 is 1.33 bits per heavy atom. The van der Waals surface area contributed by atoms with Gasteiger partial charge in [-0.25, -0.2) is 0 Å². The van der Waals surface area contributed by atoms with Crippen LogP contribution in [0.15, 0.2) is 18.2 Å². The first-order valence-electron chi connectivity index (χ1n) is 5.48. The van der Waals surface area contributed by atoms with Crippen LogP contribution in [0.1, 0.15) is 37.8 Å². The van der Waals surface area contributed by atoms with Crippen LogP contribution in [0.3, 0.4) is 0 Å². The molecule has 80 valence electrons. The van der Waals surface area contributed by atoms with E-state index in [4.69, 9.17) is 5.26 Å². The fourth-order valence-electron chi connectivity index (χ4n) is 1.59. The minimum atomic E-state index is 0.458. The largest absolute Gasteiger partial charge is 0.381 e. The predicted molar refractivity (Wildman–Crippen MR) is 63.9 cm³/mol. The maximum Gasteiger partial charge on any atom is 0.101 e. The van der Waals surface area contributed by atoms with E-state index < -0.39 is 0 Å².